The standard InChI is InChI=1S/C13H13F2NO3/c1-7-8-4-2-3-5-10(8)19-11(7)13(18)16-6-9(17)12(14)15/h2-5,9,12,17H,6H2,1H3,(H,16,18). The number of nitrogens with one attached hydrogen (secondary N) is 1. The lowest BCUT2D eigenvalue weighted by Crippen LogP contribution is -2.35. The van der Waals surface area contributed by atoms with Crippen LogP contribution in [0.4, 0.5) is 8.78 Å². The van der Waals surface area contributed by atoms with E-state index in [1.165, 1.54) is 0 Å². The second kappa shape index (κ2) is 5.36. The Kier molecular flexibility index (Phi) is 3.80. The monoisotopic (exact) mass is 269 g/mol. The summed E-state index contributed by atoms with van der Waals surface area (Å²) in [4.78, 5) is 11.8. The van der Waals surface area contributed by atoms with E-state index in [0.717, 1.165) is 5.39 Å². The second-order valence-electron chi connectivity index (χ2n) is 4.16. The zero-order chi connectivity index (χ0) is 14.0. The molecule has 1 heterocycles. The molecule has 0 aliphatic heterocycles. The van der Waals surface area contributed by atoms with Gasteiger partial charge in [0.05, 0.1) is 0 Å². The Bertz CT molecular complexity index is 595. The van der Waals surface area contributed by atoms with Crippen LogP contribution in [0.3, 0.4) is 0 Å². The summed E-state index contributed by atoms with van der Waals surface area (Å²) >= 11 is 0. The van der Waals surface area contributed by atoms with Crippen LogP contribution in [0.5, 0.6) is 0 Å². The lowest BCUT2D eigenvalue weighted by Gasteiger charge is -2.09. The van der Waals surface area contributed by atoms with Gasteiger partial charge in [0.2, 0.25) is 0 Å². The van der Waals surface area contributed by atoms with Crippen molar-refractivity contribution in [2.75, 3.05) is 6.54 Å². The minimum absolute atomic E-state index is 0.0719. The van der Waals surface area contributed by atoms with Crippen molar-refractivity contribution < 1.29 is 23.1 Å². The van der Waals surface area contributed by atoms with Crippen LogP contribution >= 0.6 is 0 Å². The predicted molar refractivity (Wildman–Crippen MR) is 65.3 cm³/mol. The van der Waals surface area contributed by atoms with Crippen LogP contribution in [-0.4, -0.2) is 30.1 Å². The van der Waals surface area contributed by atoms with Crippen LogP contribution in [0.25, 0.3) is 11.0 Å². The number of benzene rings is 1. The van der Waals surface area contributed by atoms with E-state index in [-0.39, 0.29) is 5.76 Å². The maximum atomic E-state index is 12.1. The Balaban J connectivity index is 2.16. The first-order chi connectivity index (χ1) is 9.00. The van der Waals surface area contributed by atoms with Crippen molar-refractivity contribution in [3.8, 4) is 0 Å². The third kappa shape index (κ3) is 2.73. The molecular weight excluding hydrogens is 256 g/mol. The molecule has 6 heteroatoms. The van der Waals surface area contributed by atoms with Gasteiger partial charge in [0.1, 0.15) is 11.7 Å². The molecule has 1 unspecified atom stereocenters. The summed E-state index contributed by atoms with van der Waals surface area (Å²) < 4.78 is 29.6. The number of amides is 1. The zero-order valence-corrected chi connectivity index (χ0v) is 10.2. The molecule has 0 radical (unpaired) electrons. The van der Waals surface area contributed by atoms with E-state index in [1.54, 1.807) is 25.1 Å². The molecule has 0 bridgehead atoms. The normalized spacial score (nSPS) is 12.9. The molecule has 102 valence electrons. The molecule has 1 atom stereocenters. The highest BCUT2D eigenvalue weighted by molar-refractivity contribution is 5.98. The van der Waals surface area contributed by atoms with Crippen molar-refractivity contribution in [1.29, 1.82) is 0 Å². The molecule has 1 aromatic heterocycles. The Labute approximate surface area is 108 Å². The Morgan fingerprint density at radius 2 is 2.11 bits per heavy atom. The van der Waals surface area contributed by atoms with Gasteiger partial charge in [-0.1, -0.05) is 18.2 Å². The number of hydrogen-bond acceptors (Lipinski definition) is 3. The fourth-order valence-corrected chi connectivity index (χ4v) is 1.76. The fourth-order valence-electron chi connectivity index (χ4n) is 1.76. The van der Waals surface area contributed by atoms with Gasteiger partial charge < -0.3 is 14.8 Å². The second-order valence-corrected chi connectivity index (χ2v) is 4.16. The van der Waals surface area contributed by atoms with Crippen molar-refractivity contribution in [2.45, 2.75) is 19.5 Å². The Morgan fingerprint density at radius 3 is 2.74 bits per heavy atom. The van der Waals surface area contributed by atoms with E-state index in [0.29, 0.717) is 11.1 Å². The van der Waals surface area contributed by atoms with Gasteiger partial charge in [-0.15, -0.1) is 0 Å². The highest BCUT2D eigenvalue weighted by atomic mass is 19.3. The number of aliphatic hydroxyl groups is 1. The molecule has 0 saturated heterocycles. The number of hydrogen-bond donors (Lipinski definition) is 2. The Morgan fingerprint density at radius 1 is 1.42 bits per heavy atom. The molecule has 0 fully saturated rings. The van der Waals surface area contributed by atoms with E-state index < -0.39 is 25.0 Å². The number of halogens is 2. The average Bonchev–Trinajstić information content (AvgIpc) is 2.73. The number of aryl methyl sites for hydroxylation is 1. The number of furan rings is 1. The predicted octanol–water partition coefficient (Wildman–Crippen LogP) is 2.10. The largest absolute Gasteiger partial charge is 0.451 e. The van der Waals surface area contributed by atoms with Crippen LogP contribution in [-0.2, 0) is 0 Å². The number of fused-ring (bicyclic) bond motifs is 1. The molecule has 2 N–H and O–H groups in total. The van der Waals surface area contributed by atoms with Gasteiger partial charge in [0, 0.05) is 17.5 Å². The van der Waals surface area contributed by atoms with E-state index in [1.807, 2.05) is 6.07 Å². The number of carbonyl (C=O) groups excluding carboxylic acids is 1. The van der Waals surface area contributed by atoms with E-state index in [2.05, 4.69) is 5.32 Å². The first-order valence-corrected chi connectivity index (χ1v) is 5.73. The van der Waals surface area contributed by atoms with Crippen LogP contribution in [0, 0.1) is 6.92 Å². The highest BCUT2D eigenvalue weighted by Gasteiger charge is 2.21. The third-order valence-corrected chi connectivity index (χ3v) is 2.81. The van der Waals surface area contributed by atoms with Crippen molar-refractivity contribution in [1.82, 2.24) is 5.32 Å². The van der Waals surface area contributed by atoms with Crippen molar-refractivity contribution >= 4 is 16.9 Å². The summed E-state index contributed by atoms with van der Waals surface area (Å²) in [5, 5.41) is 11.9. The van der Waals surface area contributed by atoms with E-state index in [9.17, 15) is 13.6 Å². The lowest BCUT2D eigenvalue weighted by molar-refractivity contribution is -0.00282. The minimum Gasteiger partial charge on any atom is -0.451 e. The van der Waals surface area contributed by atoms with Crippen LogP contribution in [0.2, 0.25) is 0 Å². The summed E-state index contributed by atoms with van der Waals surface area (Å²) in [7, 11) is 0. The smallest absolute Gasteiger partial charge is 0.287 e. The third-order valence-electron chi connectivity index (χ3n) is 2.81. The van der Waals surface area contributed by atoms with Crippen LogP contribution < -0.4 is 5.32 Å². The number of carbonyl (C=O) groups is 1. The SMILES string of the molecule is Cc1c(C(=O)NCC(O)C(F)F)oc2ccccc12. The quantitative estimate of drug-likeness (QED) is 0.893. The summed E-state index contributed by atoms with van der Waals surface area (Å²) in [6.45, 7) is 1.19. The summed E-state index contributed by atoms with van der Waals surface area (Å²) in [5.41, 5.74) is 1.19. The minimum atomic E-state index is -2.89. The van der Waals surface area contributed by atoms with Gasteiger partial charge >= 0.3 is 0 Å². The van der Waals surface area contributed by atoms with Crippen LogP contribution in [0.1, 0.15) is 16.1 Å². The maximum Gasteiger partial charge on any atom is 0.287 e. The lowest BCUT2D eigenvalue weighted by atomic mass is 10.1. The fraction of sp³-hybridized carbons (Fsp3) is 0.308. The van der Waals surface area contributed by atoms with Crippen molar-refractivity contribution in [3.05, 3.63) is 35.6 Å². The number of alkyl halides is 2. The molecule has 4 nitrogen and oxygen atoms in total. The summed E-state index contributed by atoms with van der Waals surface area (Å²) in [5.74, 6) is -0.545. The Hall–Kier alpha value is -1.95. The highest BCUT2D eigenvalue weighted by Crippen LogP contribution is 2.24. The van der Waals surface area contributed by atoms with E-state index >= 15 is 0 Å². The first-order valence-electron chi connectivity index (χ1n) is 5.73. The molecule has 1 aromatic carbocycles. The zero-order valence-electron chi connectivity index (χ0n) is 10.2. The first kappa shape index (κ1) is 13.5. The molecule has 19 heavy (non-hydrogen) atoms. The average molecular weight is 269 g/mol. The summed E-state index contributed by atoms with van der Waals surface area (Å²) in [6, 6.07) is 7.10. The molecule has 2 rings (SSSR count). The van der Waals surface area contributed by atoms with Gasteiger partial charge in [-0.3, -0.25) is 4.79 Å². The van der Waals surface area contributed by atoms with Gasteiger partial charge in [-0.2, -0.15) is 0 Å². The molecule has 0 aliphatic rings. The molecule has 0 spiro atoms. The maximum absolute atomic E-state index is 12.1. The van der Waals surface area contributed by atoms with Crippen molar-refractivity contribution in [2.24, 2.45) is 0 Å². The van der Waals surface area contributed by atoms with E-state index in [4.69, 9.17) is 9.52 Å². The topological polar surface area (TPSA) is 62.5 Å². The van der Waals surface area contributed by atoms with Crippen molar-refractivity contribution in [3.63, 3.8) is 0 Å². The number of para-hydroxylation sites is 1. The van der Waals surface area contributed by atoms with Crippen LogP contribution in [0.15, 0.2) is 28.7 Å². The van der Waals surface area contributed by atoms with Gasteiger partial charge in [0.25, 0.3) is 12.3 Å². The van der Waals surface area contributed by atoms with Gasteiger partial charge in [0.15, 0.2) is 5.76 Å². The number of aliphatic hydroxyl groups excluding tert-OH is 1. The summed E-state index contributed by atoms with van der Waals surface area (Å²) in [6.07, 6.45) is -4.77. The molecule has 0 aliphatic carbocycles. The molecule has 0 saturated carbocycles. The molecule has 2 aromatic rings. The van der Waals surface area contributed by atoms with Gasteiger partial charge in [-0.25, -0.2) is 8.78 Å². The molecule has 1 amide bonds. The van der Waals surface area contributed by atoms with Gasteiger partial charge in [-0.05, 0) is 13.0 Å². The molecular formula is C13H13F2NO3. The number of rotatable bonds is 4.